The lowest BCUT2D eigenvalue weighted by molar-refractivity contribution is -0.206. The molecule has 4 atom stereocenters. The number of hydrogen-bond acceptors (Lipinski definition) is 7. The summed E-state index contributed by atoms with van der Waals surface area (Å²) in [6.07, 6.45) is -8.16. The third-order valence-corrected chi connectivity index (χ3v) is 8.66. The third-order valence-electron chi connectivity index (χ3n) is 7.20. The highest BCUT2D eigenvalue weighted by molar-refractivity contribution is 7.85. The largest absolute Gasteiger partial charge is 0.476 e. The molecule has 1 heterocycles. The molecule has 2 aromatic rings. The molecule has 2 aromatic carbocycles. The zero-order valence-corrected chi connectivity index (χ0v) is 27.4. The molecule has 1 saturated heterocycles. The van der Waals surface area contributed by atoms with Crippen LogP contribution in [0.5, 0.6) is 5.75 Å². The first-order chi connectivity index (χ1) is 20.7. The van der Waals surface area contributed by atoms with E-state index in [4.69, 9.17) is 15.2 Å². The zero-order chi connectivity index (χ0) is 33.9. The Labute approximate surface area is 264 Å². The summed E-state index contributed by atoms with van der Waals surface area (Å²) in [5.74, 6) is -3.14. The number of rotatable bonds is 9. The molecule has 0 spiro atoms. The molecule has 45 heavy (non-hydrogen) atoms. The minimum atomic E-state index is -4.82. The van der Waals surface area contributed by atoms with E-state index in [2.05, 4.69) is 4.74 Å². The van der Waals surface area contributed by atoms with E-state index in [1.807, 2.05) is 45.0 Å². The molecule has 8 nitrogen and oxygen atoms in total. The van der Waals surface area contributed by atoms with Crippen molar-refractivity contribution in [1.82, 2.24) is 4.90 Å². The van der Waals surface area contributed by atoms with E-state index in [1.54, 1.807) is 20.8 Å². The number of benzene rings is 2. The van der Waals surface area contributed by atoms with Crippen molar-refractivity contribution in [2.45, 2.75) is 83.8 Å². The van der Waals surface area contributed by atoms with Gasteiger partial charge < -0.3 is 19.9 Å². The molecule has 250 valence electrons. The highest BCUT2D eigenvalue weighted by Crippen LogP contribution is 2.34. The molecule has 1 fully saturated rings. The van der Waals surface area contributed by atoms with Crippen LogP contribution in [0.1, 0.15) is 58.2 Å². The fourth-order valence-electron chi connectivity index (χ4n) is 4.91. The minimum Gasteiger partial charge on any atom is -0.476 e. The van der Waals surface area contributed by atoms with Crippen LogP contribution in [0.4, 0.5) is 28.0 Å². The number of nitrogen functional groups attached to an aromatic ring is 1. The van der Waals surface area contributed by atoms with Crippen molar-refractivity contribution in [3.63, 3.8) is 0 Å². The van der Waals surface area contributed by atoms with Gasteiger partial charge in [-0.2, -0.15) is 13.2 Å². The maximum atomic E-state index is 14.8. The monoisotopic (exact) mass is 658 g/mol. The Bertz CT molecular complexity index is 1400. The lowest BCUT2D eigenvalue weighted by Crippen LogP contribution is -2.54. The van der Waals surface area contributed by atoms with E-state index in [0.29, 0.717) is 0 Å². The summed E-state index contributed by atoms with van der Waals surface area (Å²) < 4.78 is 83.5. The quantitative estimate of drug-likeness (QED) is 0.262. The summed E-state index contributed by atoms with van der Waals surface area (Å²) in [6, 6.07) is 8.61. The Morgan fingerprint density at radius 3 is 2.31 bits per heavy atom. The summed E-state index contributed by atoms with van der Waals surface area (Å²) in [4.78, 5) is 28.7. The van der Waals surface area contributed by atoms with Gasteiger partial charge in [-0.1, -0.05) is 45.0 Å². The van der Waals surface area contributed by atoms with Crippen molar-refractivity contribution < 1.29 is 45.6 Å². The Morgan fingerprint density at radius 2 is 1.73 bits per heavy atom. The molecular formula is C32H42F4N2O6S. The molecule has 0 radical (unpaired) electrons. The molecule has 1 aliphatic heterocycles. The lowest BCUT2D eigenvalue weighted by atomic mass is 9.86. The van der Waals surface area contributed by atoms with Gasteiger partial charge in [0.15, 0.2) is 5.78 Å². The van der Waals surface area contributed by atoms with E-state index in [9.17, 15) is 31.4 Å². The van der Waals surface area contributed by atoms with Crippen LogP contribution in [-0.2, 0) is 43.4 Å². The number of ketones is 1. The second-order valence-electron chi connectivity index (χ2n) is 13.2. The lowest BCUT2D eigenvalue weighted by Gasteiger charge is -2.37. The molecule has 0 aromatic heterocycles. The van der Waals surface area contributed by atoms with Crippen molar-refractivity contribution in [2.24, 2.45) is 5.92 Å². The average molecular weight is 659 g/mol. The molecule has 1 amide bonds. The van der Waals surface area contributed by atoms with Gasteiger partial charge in [0.1, 0.15) is 28.9 Å². The van der Waals surface area contributed by atoms with Crippen molar-refractivity contribution in [1.29, 1.82) is 0 Å². The minimum absolute atomic E-state index is 0.00593. The molecule has 0 bridgehead atoms. The maximum absolute atomic E-state index is 14.8. The smallest absolute Gasteiger partial charge is 0.427 e. The predicted octanol–water partition coefficient (Wildman–Crippen LogP) is 5.96. The topological polar surface area (TPSA) is 108 Å². The SMILES string of the molecule is COC[C@@H](Oc1cc(C[C@@H]2C[S@@](=O)C[C@H](N(Cc3cccc(C(C)(C)C)c3)C(=O)OC(C)(C)C)C2=O)cc(F)c1N)C(F)(F)F. The van der Waals surface area contributed by atoms with Gasteiger partial charge in [-0.25, -0.2) is 9.18 Å². The third kappa shape index (κ3) is 9.90. The molecule has 0 unspecified atom stereocenters. The van der Waals surface area contributed by atoms with Gasteiger partial charge in [0.05, 0.1) is 12.4 Å². The number of methoxy groups -OCH3 is 1. The molecule has 2 N–H and O–H groups in total. The average Bonchev–Trinajstić information content (AvgIpc) is 2.90. The number of ether oxygens (including phenoxy) is 3. The summed E-state index contributed by atoms with van der Waals surface area (Å²) in [6.45, 7) is 10.4. The van der Waals surface area contributed by atoms with E-state index >= 15 is 0 Å². The molecular weight excluding hydrogens is 616 g/mol. The van der Waals surface area contributed by atoms with Crippen LogP contribution < -0.4 is 10.5 Å². The molecule has 0 saturated carbocycles. The Morgan fingerprint density at radius 1 is 1.07 bits per heavy atom. The van der Waals surface area contributed by atoms with E-state index in [-0.39, 0.29) is 35.4 Å². The van der Waals surface area contributed by atoms with Gasteiger partial charge >= 0.3 is 12.3 Å². The number of hydrogen-bond donors (Lipinski definition) is 1. The van der Waals surface area contributed by atoms with Crippen molar-refractivity contribution in [3.05, 3.63) is 58.9 Å². The predicted molar refractivity (Wildman–Crippen MR) is 164 cm³/mol. The molecule has 0 aliphatic carbocycles. The number of halogens is 4. The second kappa shape index (κ2) is 14.1. The Balaban J connectivity index is 1.95. The van der Waals surface area contributed by atoms with Crippen molar-refractivity contribution in [3.8, 4) is 5.75 Å². The highest BCUT2D eigenvalue weighted by atomic mass is 32.2. The standard InChI is InChI=1S/C32H42F4N2O6S/c1-30(2,3)22-10-8-9-19(12-22)15-38(29(40)44-31(4,5)6)24-18-45(41)17-21(28(24)39)11-20-13-23(33)27(37)25(14-20)43-26(16-42-7)32(34,35)36/h8-10,12-14,21,24,26H,11,15-18,37H2,1-7H3/t21-,24+,26-,45-/m1/s1. The van der Waals surface area contributed by atoms with Gasteiger partial charge in [-0.15, -0.1) is 0 Å². The number of carbonyl (C=O) groups excluding carboxylic acids is 2. The van der Waals surface area contributed by atoms with E-state index in [1.165, 1.54) is 4.90 Å². The fraction of sp³-hybridized carbons (Fsp3) is 0.562. The van der Waals surface area contributed by atoms with E-state index in [0.717, 1.165) is 30.4 Å². The van der Waals surface area contributed by atoms with Gasteiger partial charge in [0.25, 0.3) is 0 Å². The molecule has 1 aliphatic rings. The first-order valence-corrected chi connectivity index (χ1v) is 16.0. The Kier molecular flexibility index (Phi) is 11.3. The van der Waals surface area contributed by atoms with Crippen LogP contribution in [-0.4, -0.2) is 70.1 Å². The zero-order valence-electron chi connectivity index (χ0n) is 26.6. The maximum Gasteiger partial charge on any atom is 0.427 e. The van der Waals surface area contributed by atoms with Gasteiger partial charge in [0, 0.05) is 36.1 Å². The first-order valence-electron chi connectivity index (χ1n) is 14.5. The highest BCUT2D eigenvalue weighted by Gasteiger charge is 2.43. The van der Waals surface area contributed by atoms with Gasteiger partial charge in [-0.05, 0) is 61.4 Å². The number of carbonyl (C=O) groups is 2. The summed E-state index contributed by atoms with van der Waals surface area (Å²) >= 11 is 0. The number of anilines is 1. The van der Waals surface area contributed by atoms with Crippen molar-refractivity contribution >= 4 is 28.4 Å². The second-order valence-corrected chi connectivity index (χ2v) is 14.8. The molecule has 3 rings (SSSR count). The summed E-state index contributed by atoms with van der Waals surface area (Å²) in [5.41, 5.74) is 5.88. The Hall–Kier alpha value is -3.19. The van der Waals surface area contributed by atoms with Gasteiger partial charge in [-0.3, -0.25) is 13.9 Å². The van der Waals surface area contributed by atoms with Crippen LogP contribution in [0.2, 0.25) is 0 Å². The number of Topliss-reactive ketones (excluding diaryl/α,β-unsaturated/α-hetero) is 1. The van der Waals surface area contributed by atoms with Crippen LogP contribution in [0.15, 0.2) is 36.4 Å². The normalized spacial score (nSPS) is 20.1. The van der Waals surface area contributed by atoms with Crippen LogP contribution in [0.3, 0.4) is 0 Å². The number of alkyl halides is 3. The number of amides is 1. The van der Waals surface area contributed by atoms with Crippen LogP contribution >= 0.6 is 0 Å². The number of nitrogens with two attached hydrogens (primary N) is 1. The van der Waals surface area contributed by atoms with Crippen LogP contribution in [0, 0.1) is 11.7 Å². The fourth-order valence-corrected chi connectivity index (χ4v) is 6.47. The van der Waals surface area contributed by atoms with Gasteiger partial charge in [0.2, 0.25) is 6.10 Å². The molecule has 13 heteroatoms. The van der Waals surface area contributed by atoms with Crippen molar-refractivity contribution in [2.75, 3.05) is 31.0 Å². The van der Waals surface area contributed by atoms with E-state index < -0.39 is 76.4 Å². The van der Waals surface area contributed by atoms with Crippen LogP contribution in [0.25, 0.3) is 0 Å². The summed E-state index contributed by atoms with van der Waals surface area (Å²) in [7, 11) is -0.490. The summed E-state index contributed by atoms with van der Waals surface area (Å²) in [5, 5.41) is 0. The first kappa shape index (κ1) is 36.3. The number of nitrogens with zero attached hydrogens (tertiary/aromatic N) is 1.